The number of carbonyl (C=O) groups is 1. The largest absolute Gasteiger partial charge is 0.351 e. The highest BCUT2D eigenvalue weighted by atomic mass is 35.5. The molecule has 1 saturated carbocycles. The maximum atomic E-state index is 12.2. The average Bonchev–Trinajstić information content (AvgIpc) is 3.35. The van der Waals surface area contributed by atoms with Crippen molar-refractivity contribution in [3.05, 3.63) is 71.3 Å². The highest BCUT2D eigenvalue weighted by Gasteiger charge is 2.44. The molecule has 0 aliphatic heterocycles. The number of amides is 1. The molecule has 1 aliphatic rings. The molecule has 0 atom stereocenters. The summed E-state index contributed by atoms with van der Waals surface area (Å²) in [5, 5.41) is 3.07. The van der Waals surface area contributed by atoms with Gasteiger partial charge in [0.15, 0.2) is 0 Å². The Kier molecular flexibility index (Phi) is 5.22. The number of hydrogen-bond acceptors (Lipinski definition) is 2. The molecule has 1 fully saturated rings. The molecule has 2 aromatic carbocycles. The third-order valence-corrected chi connectivity index (χ3v) is 4.28. The van der Waals surface area contributed by atoms with Crippen molar-refractivity contribution in [2.24, 2.45) is 5.73 Å². The fraction of sp³-hybridized carbons (Fsp3) is 0.278. The van der Waals surface area contributed by atoms with E-state index in [2.05, 4.69) is 29.6 Å². The van der Waals surface area contributed by atoms with Gasteiger partial charge in [0.25, 0.3) is 5.91 Å². The topological polar surface area (TPSA) is 55.1 Å². The molecule has 116 valence electrons. The Morgan fingerprint density at radius 2 is 1.68 bits per heavy atom. The first kappa shape index (κ1) is 16.5. The summed E-state index contributed by atoms with van der Waals surface area (Å²) in [6.07, 6.45) is 2.28. The van der Waals surface area contributed by atoms with E-state index in [-0.39, 0.29) is 23.7 Å². The SMILES string of the molecule is Cl.NCc1ccc(C(=O)NCC2(c3ccccc3)CC2)cc1. The molecule has 2 aromatic rings. The van der Waals surface area contributed by atoms with Crippen LogP contribution in [0.5, 0.6) is 0 Å². The smallest absolute Gasteiger partial charge is 0.251 e. The maximum absolute atomic E-state index is 12.2. The Balaban J connectivity index is 0.00000176. The highest BCUT2D eigenvalue weighted by molar-refractivity contribution is 5.94. The summed E-state index contributed by atoms with van der Waals surface area (Å²) in [4.78, 5) is 12.2. The molecular formula is C18H21ClN2O. The Hall–Kier alpha value is -1.84. The maximum Gasteiger partial charge on any atom is 0.251 e. The molecule has 3 rings (SSSR count). The van der Waals surface area contributed by atoms with Gasteiger partial charge < -0.3 is 11.1 Å². The second kappa shape index (κ2) is 6.95. The Labute approximate surface area is 137 Å². The fourth-order valence-corrected chi connectivity index (χ4v) is 2.65. The lowest BCUT2D eigenvalue weighted by Crippen LogP contribution is -2.32. The first-order valence-electron chi connectivity index (χ1n) is 7.36. The quantitative estimate of drug-likeness (QED) is 0.891. The second-order valence-corrected chi connectivity index (χ2v) is 5.73. The van der Waals surface area contributed by atoms with E-state index >= 15 is 0 Å². The predicted molar refractivity (Wildman–Crippen MR) is 91.3 cm³/mol. The number of hydrogen-bond donors (Lipinski definition) is 2. The molecule has 1 aliphatic carbocycles. The molecule has 0 radical (unpaired) electrons. The third-order valence-electron chi connectivity index (χ3n) is 4.28. The molecule has 0 spiro atoms. The van der Waals surface area contributed by atoms with Crippen LogP contribution in [0, 0.1) is 0 Å². The molecule has 3 N–H and O–H groups in total. The third kappa shape index (κ3) is 3.49. The Morgan fingerprint density at radius 3 is 2.23 bits per heavy atom. The van der Waals surface area contributed by atoms with Crippen molar-refractivity contribution in [2.45, 2.75) is 24.8 Å². The van der Waals surface area contributed by atoms with E-state index in [0.29, 0.717) is 18.7 Å². The molecule has 22 heavy (non-hydrogen) atoms. The highest BCUT2D eigenvalue weighted by Crippen LogP contribution is 2.47. The summed E-state index contributed by atoms with van der Waals surface area (Å²) >= 11 is 0. The van der Waals surface area contributed by atoms with Crippen molar-refractivity contribution in [3.63, 3.8) is 0 Å². The molecule has 3 nitrogen and oxygen atoms in total. The van der Waals surface area contributed by atoms with Crippen LogP contribution in [0.25, 0.3) is 0 Å². The van der Waals surface area contributed by atoms with E-state index in [4.69, 9.17) is 5.73 Å². The minimum Gasteiger partial charge on any atom is -0.351 e. The lowest BCUT2D eigenvalue weighted by Gasteiger charge is -2.16. The van der Waals surface area contributed by atoms with Crippen molar-refractivity contribution in [2.75, 3.05) is 6.54 Å². The molecular weight excluding hydrogens is 296 g/mol. The van der Waals surface area contributed by atoms with Gasteiger partial charge >= 0.3 is 0 Å². The van der Waals surface area contributed by atoms with Gasteiger partial charge in [0.05, 0.1) is 0 Å². The zero-order valence-corrected chi connectivity index (χ0v) is 13.2. The summed E-state index contributed by atoms with van der Waals surface area (Å²) in [6, 6.07) is 17.9. The van der Waals surface area contributed by atoms with E-state index in [0.717, 1.165) is 18.4 Å². The van der Waals surface area contributed by atoms with Gasteiger partial charge in [-0.3, -0.25) is 4.79 Å². The normalized spacial score (nSPS) is 14.8. The van der Waals surface area contributed by atoms with Crippen LogP contribution in [0.3, 0.4) is 0 Å². The van der Waals surface area contributed by atoms with E-state index in [1.165, 1.54) is 5.56 Å². The van der Waals surface area contributed by atoms with Crippen LogP contribution in [-0.4, -0.2) is 12.5 Å². The zero-order valence-electron chi connectivity index (χ0n) is 12.4. The first-order chi connectivity index (χ1) is 10.2. The van der Waals surface area contributed by atoms with Gasteiger partial charge in [-0.1, -0.05) is 42.5 Å². The Bertz CT molecular complexity index is 621. The van der Waals surface area contributed by atoms with Crippen LogP contribution in [-0.2, 0) is 12.0 Å². The van der Waals surface area contributed by atoms with Crippen LogP contribution in [0.1, 0.15) is 34.3 Å². The van der Waals surface area contributed by atoms with Gasteiger partial charge in [-0.15, -0.1) is 12.4 Å². The van der Waals surface area contributed by atoms with E-state index in [1.54, 1.807) is 0 Å². The second-order valence-electron chi connectivity index (χ2n) is 5.73. The van der Waals surface area contributed by atoms with Gasteiger partial charge in [0.1, 0.15) is 0 Å². The predicted octanol–water partition coefficient (Wildman–Crippen LogP) is 3.03. The standard InChI is InChI=1S/C18H20N2O.ClH/c19-12-14-6-8-15(9-7-14)17(21)20-13-18(10-11-18)16-4-2-1-3-5-16;/h1-9H,10-13,19H2,(H,20,21);1H. The average molecular weight is 317 g/mol. The summed E-state index contributed by atoms with van der Waals surface area (Å²) in [5.41, 5.74) is 8.76. The van der Waals surface area contributed by atoms with Crippen molar-refractivity contribution >= 4 is 18.3 Å². The van der Waals surface area contributed by atoms with E-state index in [1.807, 2.05) is 30.3 Å². The van der Waals surface area contributed by atoms with Crippen molar-refractivity contribution in [3.8, 4) is 0 Å². The summed E-state index contributed by atoms with van der Waals surface area (Å²) < 4.78 is 0. The van der Waals surface area contributed by atoms with Gasteiger partial charge in [0, 0.05) is 24.1 Å². The molecule has 0 unspecified atom stereocenters. The van der Waals surface area contributed by atoms with E-state index < -0.39 is 0 Å². The van der Waals surface area contributed by atoms with Gasteiger partial charge in [-0.25, -0.2) is 0 Å². The van der Waals surface area contributed by atoms with Gasteiger partial charge in [-0.2, -0.15) is 0 Å². The number of nitrogens with two attached hydrogens (primary N) is 1. The van der Waals surface area contributed by atoms with Crippen LogP contribution < -0.4 is 11.1 Å². The lowest BCUT2D eigenvalue weighted by atomic mass is 9.96. The number of rotatable bonds is 5. The van der Waals surface area contributed by atoms with E-state index in [9.17, 15) is 4.79 Å². The van der Waals surface area contributed by atoms with Crippen LogP contribution >= 0.6 is 12.4 Å². The summed E-state index contributed by atoms with van der Waals surface area (Å²) in [6.45, 7) is 1.20. The van der Waals surface area contributed by atoms with Crippen LogP contribution in [0.15, 0.2) is 54.6 Å². The summed E-state index contributed by atoms with van der Waals surface area (Å²) in [5.74, 6) is -0.0132. The molecule has 0 heterocycles. The van der Waals surface area contributed by atoms with Gasteiger partial charge in [0.2, 0.25) is 0 Å². The van der Waals surface area contributed by atoms with Gasteiger partial charge in [-0.05, 0) is 36.1 Å². The zero-order chi connectivity index (χ0) is 14.7. The number of carbonyl (C=O) groups excluding carboxylic acids is 1. The molecule has 1 amide bonds. The number of benzene rings is 2. The summed E-state index contributed by atoms with van der Waals surface area (Å²) in [7, 11) is 0. The van der Waals surface area contributed by atoms with Crippen molar-refractivity contribution < 1.29 is 4.79 Å². The molecule has 0 bridgehead atoms. The number of halogens is 1. The van der Waals surface area contributed by atoms with Crippen molar-refractivity contribution in [1.82, 2.24) is 5.32 Å². The Morgan fingerprint density at radius 1 is 1.05 bits per heavy atom. The fourth-order valence-electron chi connectivity index (χ4n) is 2.65. The first-order valence-corrected chi connectivity index (χ1v) is 7.36. The number of nitrogens with one attached hydrogen (secondary N) is 1. The van der Waals surface area contributed by atoms with Crippen LogP contribution in [0.2, 0.25) is 0 Å². The minimum absolute atomic E-state index is 0. The minimum atomic E-state index is -0.0132. The van der Waals surface area contributed by atoms with Crippen molar-refractivity contribution in [1.29, 1.82) is 0 Å². The molecule has 0 saturated heterocycles. The van der Waals surface area contributed by atoms with Crippen LogP contribution in [0.4, 0.5) is 0 Å². The lowest BCUT2D eigenvalue weighted by molar-refractivity contribution is 0.0949. The molecule has 0 aromatic heterocycles. The molecule has 4 heteroatoms. The monoisotopic (exact) mass is 316 g/mol.